The van der Waals surface area contributed by atoms with E-state index in [1.165, 1.54) is 0 Å². The average Bonchev–Trinajstić information content (AvgIpc) is 3.23. The van der Waals surface area contributed by atoms with Crippen molar-refractivity contribution >= 4 is 17.2 Å². The van der Waals surface area contributed by atoms with Crippen molar-refractivity contribution in [2.45, 2.75) is 18.9 Å². The number of fused-ring (bicyclic) bond motifs is 1. The fourth-order valence-electron chi connectivity index (χ4n) is 3.23. The molecule has 1 aliphatic heterocycles. The number of amides is 1. The topological polar surface area (TPSA) is 111 Å². The molecule has 1 amide bonds. The zero-order valence-electron chi connectivity index (χ0n) is 13.1. The summed E-state index contributed by atoms with van der Waals surface area (Å²) in [6, 6.07) is 7.27. The van der Waals surface area contributed by atoms with E-state index in [1.54, 1.807) is 18.3 Å². The number of nitrogens with two attached hydrogens (primary N) is 2. The van der Waals surface area contributed by atoms with Gasteiger partial charge in [0.25, 0.3) is 0 Å². The molecule has 0 bridgehead atoms. The number of carbonyl (C=O) groups is 1. The second-order valence-electron chi connectivity index (χ2n) is 5.94. The molecule has 7 nitrogen and oxygen atoms in total. The lowest BCUT2D eigenvalue weighted by Gasteiger charge is -2.08. The smallest absolute Gasteiger partial charge is 0.248 e. The molecular weight excluding hydrogens is 304 g/mol. The van der Waals surface area contributed by atoms with E-state index in [-0.39, 0.29) is 6.04 Å². The summed E-state index contributed by atoms with van der Waals surface area (Å²) >= 11 is 0. The highest BCUT2D eigenvalue weighted by molar-refractivity contribution is 5.94. The molecule has 4 rings (SSSR count). The first-order chi connectivity index (χ1) is 11.6. The maximum atomic E-state index is 11.3. The van der Waals surface area contributed by atoms with Crippen LogP contribution in [-0.4, -0.2) is 26.8 Å². The highest BCUT2D eigenvalue weighted by atomic mass is 16.1. The number of nitrogens with one attached hydrogen (secondary N) is 1. The largest absolute Gasteiger partial charge is 0.382 e. The number of nitrogens with zero attached hydrogens (tertiary/aromatic N) is 3. The molecule has 122 valence electrons. The Morgan fingerprint density at radius 3 is 2.75 bits per heavy atom. The molecule has 2 aromatic heterocycles. The summed E-state index contributed by atoms with van der Waals surface area (Å²) in [5.41, 5.74) is 14.3. The zero-order chi connectivity index (χ0) is 16.7. The van der Waals surface area contributed by atoms with Gasteiger partial charge in [0.1, 0.15) is 22.9 Å². The second-order valence-corrected chi connectivity index (χ2v) is 5.94. The summed E-state index contributed by atoms with van der Waals surface area (Å²) in [6.07, 6.45) is 5.74. The van der Waals surface area contributed by atoms with Crippen LogP contribution in [-0.2, 0) is 0 Å². The predicted molar refractivity (Wildman–Crippen MR) is 91.3 cm³/mol. The van der Waals surface area contributed by atoms with Gasteiger partial charge in [0.2, 0.25) is 5.91 Å². The summed E-state index contributed by atoms with van der Waals surface area (Å²) in [4.78, 5) is 20.3. The van der Waals surface area contributed by atoms with E-state index in [2.05, 4.69) is 10.3 Å². The Labute approximate surface area is 138 Å². The first-order valence-electron chi connectivity index (χ1n) is 7.91. The fraction of sp³-hybridized carbons (Fsp3) is 0.235. The number of aromatic nitrogens is 3. The van der Waals surface area contributed by atoms with E-state index >= 15 is 0 Å². The SMILES string of the molecule is NC(=O)c1ccc(-c2nc([C@@H]3CCCN3)n3ccnc(N)c23)cc1. The highest BCUT2D eigenvalue weighted by Gasteiger charge is 2.24. The minimum absolute atomic E-state index is 0.206. The third-order valence-electron chi connectivity index (χ3n) is 4.43. The Morgan fingerprint density at radius 1 is 1.29 bits per heavy atom. The summed E-state index contributed by atoms with van der Waals surface area (Å²) in [5, 5.41) is 3.47. The van der Waals surface area contributed by atoms with Gasteiger partial charge < -0.3 is 16.8 Å². The van der Waals surface area contributed by atoms with E-state index < -0.39 is 5.91 Å². The van der Waals surface area contributed by atoms with Crippen LogP contribution in [0.25, 0.3) is 16.8 Å². The predicted octanol–water partition coefficient (Wildman–Crippen LogP) is 1.50. The lowest BCUT2D eigenvalue weighted by atomic mass is 10.1. The number of imidazole rings is 1. The van der Waals surface area contributed by atoms with Gasteiger partial charge in [0.05, 0.1) is 6.04 Å². The summed E-state index contributed by atoms with van der Waals surface area (Å²) in [7, 11) is 0. The van der Waals surface area contributed by atoms with Crippen molar-refractivity contribution in [1.29, 1.82) is 0 Å². The highest BCUT2D eigenvalue weighted by Crippen LogP contribution is 2.32. The monoisotopic (exact) mass is 322 g/mol. The summed E-state index contributed by atoms with van der Waals surface area (Å²) in [5.74, 6) is 0.919. The number of hydrogen-bond acceptors (Lipinski definition) is 5. The van der Waals surface area contributed by atoms with Gasteiger partial charge in [-0.25, -0.2) is 9.97 Å². The standard InChI is InChI=1S/C17H18N6O/c18-15-14-13(10-3-5-11(6-4-10)16(19)24)22-17(12-2-1-7-20-12)23(14)9-8-21-15/h3-6,8-9,12,20H,1-2,7H2,(H2,18,21)(H2,19,24)/t12-/m0/s1. The molecule has 7 heteroatoms. The first kappa shape index (κ1) is 14.6. The Bertz CT molecular complexity index is 909. The molecular formula is C17H18N6O. The Kier molecular flexibility index (Phi) is 3.42. The van der Waals surface area contributed by atoms with E-state index in [0.717, 1.165) is 42.0 Å². The van der Waals surface area contributed by atoms with Crippen molar-refractivity contribution in [2.24, 2.45) is 5.73 Å². The normalized spacial score (nSPS) is 17.4. The van der Waals surface area contributed by atoms with Crippen LogP contribution in [0, 0.1) is 0 Å². The number of primary amides is 1. The van der Waals surface area contributed by atoms with Gasteiger partial charge in [-0.2, -0.15) is 0 Å². The molecule has 1 atom stereocenters. The molecule has 0 saturated carbocycles. The molecule has 1 aliphatic rings. The number of benzene rings is 1. The van der Waals surface area contributed by atoms with Gasteiger partial charge in [-0.3, -0.25) is 9.20 Å². The van der Waals surface area contributed by atoms with Gasteiger partial charge in [-0.05, 0) is 31.5 Å². The van der Waals surface area contributed by atoms with Crippen LogP contribution in [0.2, 0.25) is 0 Å². The van der Waals surface area contributed by atoms with Gasteiger partial charge in [0.15, 0.2) is 0 Å². The molecule has 0 spiro atoms. The number of hydrogen-bond donors (Lipinski definition) is 3. The Morgan fingerprint density at radius 2 is 2.08 bits per heavy atom. The van der Waals surface area contributed by atoms with Gasteiger partial charge in [-0.1, -0.05) is 12.1 Å². The molecule has 5 N–H and O–H groups in total. The molecule has 0 aliphatic carbocycles. The third-order valence-corrected chi connectivity index (χ3v) is 4.43. The first-order valence-corrected chi connectivity index (χ1v) is 7.91. The van der Waals surface area contributed by atoms with E-state index in [9.17, 15) is 4.79 Å². The minimum Gasteiger partial charge on any atom is -0.382 e. The lowest BCUT2D eigenvalue weighted by molar-refractivity contribution is 0.100. The quantitative estimate of drug-likeness (QED) is 0.676. The average molecular weight is 322 g/mol. The van der Waals surface area contributed by atoms with Gasteiger partial charge in [-0.15, -0.1) is 0 Å². The molecule has 1 fully saturated rings. The maximum Gasteiger partial charge on any atom is 0.248 e. The zero-order valence-corrected chi connectivity index (χ0v) is 13.1. The third kappa shape index (κ3) is 2.30. The molecule has 3 heterocycles. The molecule has 3 aromatic rings. The molecule has 1 saturated heterocycles. The number of carbonyl (C=O) groups excluding carboxylic acids is 1. The van der Waals surface area contributed by atoms with Crippen molar-refractivity contribution in [3.05, 3.63) is 48.0 Å². The van der Waals surface area contributed by atoms with Gasteiger partial charge in [0, 0.05) is 23.5 Å². The van der Waals surface area contributed by atoms with Crippen molar-refractivity contribution in [3.63, 3.8) is 0 Å². The van der Waals surface area contributed by atoms with Crippen LogP contribution in [0.3, 0.4) is 0 Å². The lowest BCUT2D eigenvalue weighted by Crippen LogP contribution is -2.16. The second kappa shape index (κ2) is 5.61. The van der Waals surface area contributed by atoms with Crippen molar-refractivity contribution < 1.29 is 4.79 Å². The number of rotatable bonds is 3. The van der Waals surface area contributed by atoms with Crippen molar-refractivity contribution in [3.8, 4) is 11.3 Å². The maximum absolute atomic E-state index is 11.3. The number of anilines is 1. The number of nitrogen functional groups attached to an aromatic ring is 1. The molecule has 0 radical (unpaired) electrons. The van der Waals surface area contributed by atoms with Crippen molar-refractivity contribution in [1.82, 2.24) is 19.7 Å². The van der Waals surface area contributed by atoms with Crippen LogP contribution < -0.4 is 16.8 Å². The molecule has 1 aromatic carbocycles. The van der Waals surface area contributed by atoms with Crippen LogP contribution in [0.15, 0.2) is 36.7 Å². The van der Waals surface area contributed by atoms with Crippen LogP contribution >= 0.6 is 0 Å². The molecule has 24 heavy (non-hydrogen) atoms. The van der Waals surface area contributed by atoms with Crippen LogP contribution in [0.4, 0.5) is 5.82 Å². The van der Waals surface area contributed by atoms with Crippen LogP contribution in [0.5, 0.6) is 0 Å². The summed E-state index contributed by atoms with van der Waals surface area (Å²) < 4.78 is 2.00. The van der Waals surface area contributed by atoms with Gasteiger partial charge >= 0.3 is 0 Å². The minimum atomic E-state index is -0.451. The molecule has 0 unspecified atom stereocenters. The summed E-state index contributed by atoms with van der Waals surface area (Å²) in [6.45, 7) is 0.989. The van der Waals surface area contributed by atoms with Crippen LogP contribution in [0.1, 0.15) is 35.1 Å². The van der Waals surface area contributed by atoms with E-state index in [4.69, 9.17) is 16.5 Å². The Balaban J connectivity index is 1.89. The Hall–Kier alpha value is -2.93. The fourth-order valence-corrected chi connectivity index (χ4v) is 3.23. The van der Waals surface area contributed by atoms with E-state index in [1.807, 2.05) is 22.7 Å². The van der Waals surface area contributed by atoms with Crippen molar-refractivity contribution in [2.75, 3.05) is 12.3 Å². The van der Waals surface area contributed by atoms with E-state index in [0.29, 0.717) is 11.4 Å².